The summed E-state index contributed by atoms with van der Waals surface area (Å²) in [6.07, 6.45) is 2.94. The highest BCUT2D eigenvalue weighted by molar-refractivity contribution is 5.92. The third-order valence-corrected chi connectivity index (χ3v) is 5.32. The normalized spacial score (nSPS) is 27.6. The van der Waals surface area contributed by atoms with Crippen LogP contribution < -0.4 is 5.32 Å². The standard InChI is InChI=1S/C21H33N3O2/c1-15-8-16(2)10-19(9-15)22-21(25)14-24-7-5-6-20(24)13-23-11-17(3)26-18(4)12-23/h8-10,17-18,20H,5-7,11-14H2,1-4H3,(H,22,25). The van der Waals surface area contributed by atoms with Gasteiger partial charge in [0.1, 0.15) is 0 Å². The van der Waals surface area contributed by atoms with Crippen molar-refractivity contribution in [2.45, 2.75) is 58.8 Å². The van der Waals surface area contributed by atoms with Gasteiger partial charge in [-0.15, -0.1) is 0 Å². The Kier molecular flexibility index (Phi) is 6.33. The number of rotatable bonds is 5. The van der Waals surface area contributed by atoms with Crippen LogP contribution in [0.1, 0.15) is 37.8 Å². The van der Waals surface area contributed by atoms with Gasteiger partial charge in [0, 0.05) is 31.4 Å². The van der Waals surface area contributed by atoms with Crippen molar-refractivity contribution in [3.8, 4) is 0 Å². The van der Waals surface area contributed by atoms with E-state index >= 15 is 0 Å². The SMILES string of the molecule is Cc1cc(C)cc(NC(=O)CN2CCCC2CN2CC(C)OC(C)C2)c1. The molecule has 0 saturated carbocycles. The smallest absolute Gasteiger partial charge is 0.238 e. The van der Waals surface area contributed by atoms with Gasteiger partial charge in [-0.1, -0.05) is 6.07 Å². The third kappa shape index (κ3) is 5.29. The van der Waals surface area contributed by atoms with Crippen LogP contribution in [0.2, 0.25) is 0 Å². The molecule has 1 aromatic carbocycles. The monoisotopic (exact) mass is 359 g/mol. The van der Waals surface area contributed by atoms with Crippen molar-refractivity contribution in [3.05, 3.63) is 29.3 Å². The molecule has 2 saturated heterocycles. The predicted octanol–water partition coefficient (Wildman–Crippen LogP) is 2.82. The Bertz CT molecular complexity index is 603. The minimum absolute atomic E-state index is 0.0885. The zero-order valence-corrected chi connectivity index (χ0v) is 16.6. The lowest BCUT2D eigenvalue weighted by Crippen LogP contribution is -2.50. The van der Waals surface area contributed by atoms with Crippen LogP contribution in [-0.4, -0.2) is 66.7 Å². The fourth-order valence-electron chi connectivity index (χ4n) is 4.47. The molecule has 0 radical (unpaired) electrons. The Balaban J connectivity index is 1.53. The summed E-state index contributed by atoms with van der Waals surface area (Å²) in [5.41, 5.74) is 3.25. The molecule has 0 spiro atoms. The van der Waals surface area contributed by atoms with E-state index in [1.54, 1.807) is 0 Å². The van der Waals surface area contributed by atoms with E-state index in [2.05, 4.69) is 48.9 Å². The quantitative estimate of drug-likeness (QED) is 0.878. The van der Waals surface area contributed by atoms with Crippen molar-refractivity contribution in [2.75, 3.05) is 38.0 Å². The number of aryl methyl sites for hydroxylation is 2. The molecule has 2 heterocycles. The lowest BCUT2D eigenvalue weighted by molar-refractivity contribution is -0.117. The number of likely N-dealkylation sites (tertiary alicyclic amines) is 1. The first-order chi connectivity index (χ1) is 12.4. The van der Waals surface area contributed by atoms with E-state index in [1.165, 1.54) is 24.0 Å². The van der Waals surface area contributed by atoms with E-state index in [-0.39, 0.29) is 5.91 Å². The number of carbonyl (C=O) groups excluding carboxylic acids is 1. The van der Waals surface area contributed by atoms with Crippen LogP contribution in [0.3, 0.4) is 0 Å². The average molecular weight is 360 g/mol. The first kappa shape index (κ1) is 19.3. The number of morpholine rings is 1. The molecular weight excluding hydrogens is 326 g/mol. The van der Waals surface area contributed by atoms with Crippen molar-refractivity contribution in [3.63, 3.8) is 0 Å². The van der Waals surface area contributed by atoms with Gasteiger partial charge in [-0.2, -0.15) is 0 Å². The molecule has 1 amide bonds. The molecule has 0 bridgehead atoms. The van der Waals surface area contributed by atoms with Crippen LogP contribution in [0.25, 0.3) is 0 Å². The Hall–Kier alpha value is -1.43. The molecule has 3 rings (SSSR count). The average Bonchev–Trinajstić information content (AvgIpc) is 2.91. The van der Waals surface area contributed by atoms with Crippen molar-refractivity contribution >= 4 is 11.6 Å². The Morgan fingerprint density at radius 2 is 1.81 bits per heavy atom. The Labute approximate surface area is 157 Å². The number of hydrogen-bond donors (Lipinski definition) is 1. The maximum absolute atomic E-state index is 12.5. The topological polar surface area (TPSA) is 44.8 Å². The van der Waals surface area contributed by atoms with Gasteiger partial charge in [0.25, 0.3) is 0 Å². The fourth-order valence-corrected chi connectivity index (χ4v) is 4.47. The van der Waals surface area contributed by atoms with Crippen LogP contribution in [0.5, 0.6) is 0 Å². The molecule has 1 aromatic rings. The highest BCUT2D eigenvalue weighted by Crippen LogP contribution is 2.21. The molecule has 0 aliphatic carbocycles. The van der Waals surface area contributed by atoms with Crippen LogP contribution in [0, 0.1) is 13.8 Å². The number of ether oxygens (including phenoxy) is 1. The van der Waals surface area contributed by atoms with Gasteiger partial charge in [0.2, 0.25) is 5.91 Å². The summed E-state index contributed by atoms with van der Waals surface area (Å²) >= 11 is 0. The van der Waals surface area contributed by atoms with Crippen LogP contribution in [0.4, 0.5) is 5.69 Å². The molecule has 2 aliphatic rings. The highest BCUT2D eigenvalue weighted by Gasteiger charge is 2.30. The molecule has 3 atom stereocenters. The van der Waals surface area contributed by atoms with Crippen molar-refractivity contribution in [2.24, 2.45) is 0 Å². The molecule has 2 aliphatic heterocycles. The van der Waals surface area contributed by atoms with Gasteiger partial charge >= 0.3 is 0 Å². The lowest BCUT2D eigenvalue weighted by atomic mass is 10.1. The number of nitrogens with zero attached hydrogens (tertiary/aromatic N) is 2. The summed E-state index contributed by atoms with van der Waals surface area (Å²) in [6.45, 7) is 12.9. The third-order valence-electron chi connectivity index (χ3n) is 5.32. The number of anilines is 1. The molecular formula is C21H33N3O2. The molecule has 5 heteroatoms. The number of nitrogens with one attached hydrogen (secondary N) is 1. The van der Waals surface area contributed by atoms with Crippen molar-refractivity contribution < 1.29 is 9.53 Å². The zero-order chi connectivity index (χ0) is 18.7. The second-order valence-corrected chi connectivity index (χ2v) is 8.17. The summed E-state index contributed by atoms with van der Waals surface area (Å²) in [7, 11) is 0. The summed E-state index contributed by atoms with van der Waals surface area (Å²) in [5, 5.41) is 3.07. The van der Waals surface area contributed by atoms with E-state index in [9.17, 15) is 4.79 Å². The van der Waals surface area contributed by atoms with Crippen LogP contribution in [0.15, 0.2) is 18.2 Å². The predicted molar refractivity (Wildman–Crippen MR) is 106 cm³/mol. The summed E-state index contributed by atoms with van der Waals surface area (Å²) < 4.78 is 5.84. The van der Waals surface area contributed by atoms with Gasteiger partial charge in [-0.25, -0.2) is 0 Å². The molecule has 26 heavy (non-hydrogen) atoms. The van der Waals surface area contributed by atoms with Crippen LogP contribution >= 0.6 is 0 Å². The molecule has 144 valence electrons. The summed E-state index contributed by atoms with van der Waals surface area (Å²) in [6, 6.07) is 6.65. The van der Waals surface area contributed by atoms with E-state index in [0.717, 1.165) is 31.9 Å². The number of hydrogen-bond acceptors (Lipinski definition) is 4. The first-order valence-electron chi connectivity index (χ1n) is 9.89. The second kappa shape index (κ2) is 8.51. The minimum Gasteiger partial charge on any atom is -0.373 e. The van der Waals surface area contributed by atoms with Gasteiger partial charge < -0.3 is 10.1 Å². The fraction of sp³-hybridized carbons (Fsp3) is 0.667. The van der Waals surface area contributed by atoms with Gasteiger partial charge in [-0.3, -0.25) is 14.6 Å². The largest absolute Gasteiger partial charge is 0.373 e. The molecule has 3 unspecified atom stereocenters. The van der Waals surface area contributed by atoms with E-state index in [0.29, 0.717) is 24.8 Å². The van der Waals surface area contributed by atoms with Gasteiger partial charge in [0.05, 0.1) is 18.8 Å². The maximum atomic E-state index is 12.5. The van der Waals surface area contributed by atoms with E-state index in [4.69, 9.17) is 4.74 Å². The van der Waals surface area contributed by atoms with E-state index in [1.807, 2.05) is 12.1 Å². The number of carbonyl (C=O) groups is 1. The maximum Gasteiger partial charge on any atom is 0.238 e. The van der Waals surface area contributed by atoms with Gasteiger partial charge in [-0.05, 0) is 70.3 Å². The Morgan fingerprint density at radius 3 is 2.46 bits per heavy atom. The Morgan fingerprint density at radius 1 is 1.15 bits per heavy atom. The molecule has 2 fully saturated rings. The molecule has 1 N–H and O–H groups in total. The van der Waals surface area contributed by atoms with Crippen molar-refractivity contribution in [1.82, 2.24) is 9.80 Å². The minimum atomic E-state index is 0.0885. The molecule has 5 nitrogen and oxygen atoms in total. The number of amides is 1. The summed E-state index contributed by atoms with van der Waals surface area (Å²) in [4.78, 5) is 17.4. The van der Waals surface area contributed by atoms with Crippen molar-refractivity contribution in [1.29, 1.82) is 0 Å². The first-order valence-corrected chi connectivity index (χ1v) is 9.89. The number of benzene rings is 1. The lowest BCUT2D eigenvalue weighted by Gasteiger charge is -2.38. The second-order valence-electron chi connectivity index (χ2n) is 8.17. The molecule has 0 aromatic heterocycles. The highest BCUT2D eigenvalue weighted by atomic mass is 16.5. The summed E-state index contributed by atoms with van der Waals surface area (Å²) in [5.74, 6) is 0.0885. The van der Waals surface area contributed by atoms with E-state index < -0.39 is 0 Å². The zero-order valence-electron chi connectivity index (χ0n) is 16.6. The van der Waals surface area contributed by atoms with Gasteiger partial charge in [0.15, 0.2) is 0 Å². The van der Waals surface area contributed by atoms with Crippen LogP contribution in [-0.2, 0) is 9.53 Å².